The lowest BCUT2D eigenvalue weighted by atomic mass is 10.3. The lowest BCUT2D eigenvalue weighted by Gasteiger charge is -2.02. The maximum Gasteiger partial charge on any atom is 0.189 e. The Morgan fingerprint density at radius 3 is 2.75 bits per heavy atom. The van der Waals surface area contributed by atoms with Gasteiger partial charge in [0.1, 0.15) is 12.7 Å². The van der Waals surface area contributed by atoms with Gasteiger partial charge in [-0.15, -0.1) is 0 Å². The predicted molar refractivity (Wildman–Crippen MR) is 29.0 cm³/mol. The third-order valence-electron chi connectivity index (χ3n) is 0.880. The molecule has 0 spiro atoms. The molecule has 2 unspecified atom stereocenters. The lowest BCUT2D eigenvalue weighted by Crippen LogP contribution is -2.25. The molecule has 0 aromatic carbocycles. The van der Waals surface area contributed by atoms with Crippen LogP contribution in [-0.2, 0) is 0 Å². The van der Waals surface area contributed by atoms with Crippen LogP contribution in [0.3, 0.4) is 0 Å². The van der Waals surface area contributed by atoms with Crippen molar-refractivity contribution in [2.45, 2.75) is 11.5 Å². The summed E-state index contributed by atoms with van der Waals surface area (Å²) in [4.78, 5) is 3.50. The van der Waals surface area contributed by atoms with Crippen molar-refractivity contribution < 1.29 is 4.39 Å². The SMILES string of the molecule is FCC1[N][C]=NC1Cl. The number of rotatable bonds is 1. The molecule has 0 aromatic rings. The second kappa shape index (κ2) is 2.31. The Bertz CT molecular complexity index is 106. The standard InChI is InChI=1S/C4H4ClFN2/c5-4-3(1-6)7-2-8-4/h3-4H,1H2. The van der Waals surface area contributed by atoms with Gasteiger partial charge in [0.25, 0.3) is 0 Å². The van der Waals surface area contributed by atoms with E-state index in [4.69, 9.17) is 11.6 Å². The van der Waals surface area contributed by atoms with Gasteiger partial charge in [-0.3, -0.25) is 5.32 Å². The van der Waals surface area contributed by atoms with Gasteiger partial charge < -0.3 is 0 Å². The van der Waals surface area contributed by atoms with Crippen LogP contribution in [-0.4, -0.2) is 24.6 Å². The predicted octanol–water partition coefficient (Wildman–Crippen LogP) is 0.413. The van der Waals surface area contributed by atoms with Crippen LogP contribution < -0.4 is 5.32 Å². The van der Waals surface area contributed by atoms with Crippen LogP contribution in [0.25, 0.3) is 0 Å². The van der Waals surface area contributed by atoms with E-state index < -0.39 is 18.2 Å². The molecule has 0 aromatic heterocycles. The third-order valence-corrected chi connectivity index (χ3v) is 1.27. The molecule has 0 amide bonds. The summed E-state index contributed by atoms with van der Waals surface area (Å²) in [7, 11) is 0. The van der Waals surface area contributed by atoms with Crippen LogP contribution in [0.15, 0.2) is 4.99 Å². The molecule has 0 fully saturated rings. The lowest BCUT2D eigenvalue weighted by molar-refractivity contribution is 0.410. The summed E-state index contributed by atoms with van der Waals surface area (Å²) in [6.45, 7) is -0.551. The second-order valence-electron chi connectivity index (χ2n) is 1.45. The molecule has 0 aliphatic carbocycles. The Morgan fingerprint density at radius 2 is 2.50 bits per heavy atom. The quantitative estimate of drug-likeness (QED) is 0.367. The second-order valence-corrected chi connectivity index (χ2v) is 1.90. The highest BCUT2D eigenvalue weighted by Gasteiger charge is 2.22. The van der Waals surface area contributed by atoms with Gasteiger partial charge >= 0.3 is 0 Å². The largest absolute Gasteiger partial charge is 0.254 e. The molecule has 0 bridgehead atoms. The molecule has 1 heterocycles. The minimum absolute atomic E-state index is 0.489. The average molecular weight is 135 g/mol. The first-order valence-electron chi connectivity index (χ1n) is 2.19. The molecule has 1 rings (SSSR count). The normalized spacial score (nSPS) is 35.2. The Labute approximate surface area is 51.7 Å². The molecule has 0 saturated carbocycles. The molecule has 2 radical (unpaired) electrons. The maximum absolute atomic E-state index is 11.7. The fraction of sp³-hybridized carbons (Fsp3) is 0.750. The van der Waals surface area contributed by atoms with Crippen LogP contribution in [0.5, 0.6) is 0 Å². The van der Waals surface area contributed by atoms with Crippen molar-refractivity contribution in [2.75, 3.05) is 6.67 Å². The first kappa shape index (κ1) is 5.82. The molecular weight excluding hydrogens is 131 g/mol. The van der Waals surface area contributed by atoms with Crippen molar-refractivity contribution in [2.24, 2.45) is 4.99 Å². The van der Waals surface area contributed by atoms with Crippen LogP contribution in [0.1, 0.15) is 0 Å². The van der Waals surface area contributed by atoms with E-state index in [9.17, 15) is 4.39 Å². The number of alkyl halides is 2. The van der Waals surface area contributed by atoms with Gasteiger partial charge in [0.2, 0.25) is 0 Å². The van der Waals surface area contributed by atoms with Crippen molar-refractivity contribution in [3.05, 3.63) is 0 Å². The maximum atomic E-state index is 11.7. The Balaban J connectivity index is 2.38. The first-order valence-corrected chi connectivity index (χ1v) is 2.63. The van der Waals surface area contributed by atoms with E-state index in [0.717, 1.165) is 0 Å². The van der Waals surface area contributed by atoms with Crippen LogP contribution in [0.2, 0.25) is 0 Å². The molecule has 2 nitrogen and oxygen atoms in total. The van der Waals surface area contributed by atoms with Crippen LogP contribution in [0, 0.1) is 0 Å². The van der Waals surface area contributed by atoms with Gasteiger partial charge in [-0.2, -0.15) is 0 Å². The molecule has 1 aliphatic heterocycles. The zero-order valence-electron chi connectivity index (χ0n) is 4.01. The number of aliphatic imine (C=N–C) groups is 1. The van der Waals surface area contributed by atoms with Gasteiger partial charge in [0.05, 0.1) is 0 Å². The number of hydrogen-bond acceptors (Lipinski definition) is 1. The Morgan fingerprint density at radius 1 is 1.75 bits per heavy atom. The van der Waals surface area contributed by atoms with Crippen LogP contribution >= 0.6 is 11.6 Å². The Hall–Kier alpha value is -0.310. The van der Waals surface area contributed by atoms with E-state index in [0.29, 0.717) is 0 Å². The third kappa shape index (κ3) is 0.916. The number of nitrogens with zero attached hydrogens (tertiary/aromatic N) is 2. The van der Waals surface area contributed by atoms with Crippen molar-refractivity contribution in [3.8, 4) is 0 Å². The van der Waals surface area contributed by atoms with E-state index in [-0.39, 0.29) is 0 Å². The van der Waals surface area contributed by atoms with Gasteiger partial charge in [-0.05, 0) is 0 Å². The van der Waals surface area contributed by atoms with Gasteiger partial charge in [0, 0.05) is 0 Å². The van der Waals surface area contributed by atoms with Crippen molar-refractivity contribution in [3.63, 3.8) is 0 Å². The Kier molecular flexibility index (Phi) is 1.68. The summed E-state index contributed by atoms with van der Waals surface area (Å²) in [6, 6.07) is -0.489. The molecule has 2 atom stereocenters. The highest BCUT2D eigenvalue weighted by molar-refractivity contribution is 6.21. The molecule has 1 aliphatic rings. The highest BCUT2D eigenvalue weighted by atomic mass is 35.5. The zero-order chi connectivity index (χ0) is 5.98. The minimum atomic E-state index is -0.551. The van der Waals surface area contributed by atoms with Gasteiger partial charge in [-0.1, -0.05) is 11.6 Å². The van der Waals surface area contributed by atoms with E-state index in [2.05, 4.69) is 16.6 Å². The van der Waals surface area contributed by atoms with E-state index in [1.165, 1.54) is 0 Å². The minimum Gasteiger partial charge on any atom is -0.254 e. The topological polar surface area (TPSA) is 26.5 Å². The summed E-state index contributed by atoms with van der Waals surface area (Å²) in [5, 5.41) is 3.51. The summed E-state index contributed by atoms with van der Waals surface area (Å²) < 4.78 is 11.7. The summed E-state index contributed by atoms with van der Waals surface area (Å²) in [5.74, 6) is 0. The zero-order valence-corrected chi connectivity index (χ0v) is 4.77. The molecule has 8 heavy (non-hydrogen) atoms. The van der Waals surface area contributed by atoms with E-state index in [1.54, 1.807) is 0 Å². The molecule has 44 valence electrons. The van der Waals surface area contributed by atoms with Crippen LogP contribution in [0.4, 0.5) is 4.39 Å². The average Bonchev–Trinajstić information content (AvgIpc) is 2.14. The van der Waals surface area contributed by atoms with Gasteiger partial charge in [0.15, 0.2) is 11.8 Å². The van der Waals surface area contributed by atoms with E-state index >= 15 is 0 Å². The summed E-state index contributed by atoms with van der Waals surface area (Å²) in [5.41, 5.74) is -0.528. The van der Waals surface area contributed by atoms with Crippen molar-refractivity contribution >= 4 is 17.9 Å². The van der Waals surface area contributed by atoms with Gasteiger partial charge in [-0.25, -0.2) is 9.38 Å². The number of hydrogen-bond donors (Lipinski definition) is 0. The van der Waals surface area contributed by atoms with Crippen molar-refractivity contribution in [1.82, 2.24) is 5.32 Å². The van der Waals surface area contributed by atoms with Crippen molar-refractivity contribution in [1.29, 1.82) is 0 Å². The molecule has 0 saturated heterocycles. The first-order chi connectivity index (χ1) is 3.84. The number of halogens is 2. The van der Waals surface area contributed by atoms with E-state index in [1.807, 2.05) is 0 Å². The fourth-order valence-electron chi connectivity index (χ4n) is 0.418. The summed E-state index contributed by atoms with van der Waals surface area (Å²) in [6.07, 6.45) is 2.25. The molecular formula is C4H4ClFN2. The fourth-order valence-corrected chi connectivity index (χ4v) is 0.586. The molecule has 0 N–H and O–H groups in total. The smallest absolute Gasteiger partial charge is 0.189 e. The monoisotopic (exact) mass is 134 g/mol. The molecule has 4 heteroatoms. The highest BCUT2D eigenvalue weighted by Crippen LogP contribution is 2.09. The summed E-state index contributed by atoms with van der Waals surface area (Å²) >= 11 is 5.42.